The lowest BCUT2D eigenvalue weighted by Gasteiger charge is -2.37. The number of non-ortho nitro benzene ring substituents is 2. The van der Waals surface area contributed by atoms with Gasteiger partial charge in [-0.15, -0.1) is 0 Å². The van der Waals surface area contributed by atoms with Crippen LogP contribution < -0.4 is 5.32 Å². The van der Waals surface area contributed by atoms with Crippen molar-refractivity contribution in [1.29, 1.82) is 0 Å². The molecule has 2 aromatic carbocycles. The van der Waals surface area contributed by atoms with Crippen LogP contribution in [0.15, 0.2) is 54.6 Å². The van der Waals surface area contributed by atoms with Gasteiger partial charge >= 0.3 is 0 Å². The Morgan fingerprint density at radius 1 is 0.960 bits per heavy atom. The third-order valence-corrected chi connectivity index (χ3v) is 5.02. The van der Waals surface area contributed by atoms with E-state index in [0.29, 0.717) is 0 Å². The van der Waals surface area contributed by atoms with E-state index in [2.05, 4.69) is 17.5 Å². The molecular weight excluding hydrogens is 322 g/mol. The number of hydrogen-bond acceptors (Lipinski definition) is 5. The van der Waals surface area contributed by atoms with Crippen LogP contribution in [-0.4, -0.2) is 9.85 Å². The zero-order chi connectivity index (χ0) is 17.6. The number of nitro benzene ring substituents is 2. The minimum absolute atomic E-state index is 0.00904. The molecule has 7 nitrogen and oxygen atoms in total. The summed E-state index contributed by atoms with van der Waals surface area (Å²) in [5.74, 6) is 0.340. The summed E-state index contributed by atoms with van der Waals surface area (Å²) < 4.78 is 0. The molecule has 3 atom stereocenters. The third-order valence-electron chi connectivity index (χ3n) is 5.02. The maximum atomic E-state index is 11.1. The van der Waals surface area contributed by atoms with Crippen molar-refractivity contribution in [2.45, 2.75) is 18.4 Å². The smallest absolute Gasteiger partial charge is 0.269 e. The molecule has 0 spiro atoms. The number of hydrogen-bond donors (Lipinski definition) is 1. The average Bonchev–Trinajstić information content (AvgIpc) is 3.10. The quantitative estimate of drug-likeness (QED) is 0.510. The van der Waals surface area contributed by atoms with Crippen molar-refractivity contribution in [2.24, 2.45) is 5.92 Å². The van der Waals surface area contributed by atoms with Gasteiger partial charge in [0.1, 0.15) is 0 Å². The molecule has 3 unspecified atom stereocenters. The molecule has 4 rings (SSSR count). The van der Waals surface area contributed by atoms with E-state index in [4.69, 9.17) is 0 Å². The summed E-state index contributed by atoms with van der Waals surface area (Å²) in [6.45, 7) is 0. The van der Waals surface area contributed by atoms with Gasteiger partial charge in [-0.05, 0) is 29.5 Å². The number of allylic oxidation sites excluding steroid dienone is 2. The summed E-state index contributed by atoms with van der Waals surface area (Å²) in [6.07, 6.45) is 5.07. The summed E-state index contributed by atoms with van der Waals surface area (Å²) in [5, 5.41) is 25.4. The lowest BCUT2D eigenvalue weighted by Crippen LogP contribution is -2.29. The van der Waals surface area contributed by atoms with E-state index in [1.165, 1.54) is 18.2 Å². The van der Waals surface area contributed by atoms with Crippen molar-refractivity contribution in [3.63, 3.8) is 0 Å². The standard InChI is InChI=1S/C18H15N3O4/c22-20(23)12-6-4-11(5-7-12)18-15-3-1-2-14(15)16-10-13(21(24)25)8-9-17(16)19-18/h1-2,4-10,14-15,18-19H,3H2. The Labute approximate surface area is 143 Å². The van der Waals surface area contributed by atoms with E-state index in [1.54, 1.807) is 24.3 Å². The topological polar surface area (TPSA) is 98.3 Å². The van der Waals surface area contributed by atoms with Crippen LogP contribution in [-0.2, 0) is 0 Å². The molecule has 2 aromatic rings. The van der Waals surface area contributed by atoms with Gasteiger partial charge in [0.05, 0.1) is 15.9 Å². The lowest BCUT2D eigenvalue weighted by molar-refractivity contribution is -0.385. The second-order valence-corrected chi connectivity index (χ2v) is 6.35. The Morgan fingerprint density at radius 3 is 2.32 bits per heavy atom. The first-order valence-corrected chi connectivity index (χ1v) is 8.00. The minimum atomic E-state index is -0.410. The fourth-order valence-electron chi connectivity index (χ4n) is 3.83. The van der Waals surface area contributed by atoms with Crippen molar-refractivity contribution in [3.8, 4) is 0 Å². The summed E-state index contributed by atoms with van der Waals surface area (Å²) >= 11 is 0. The van der Waals surface area contributed by atoms with E-state index >= 15 is 0 Å². The van der Waals surface area contributed by atoms with Crippen molar-refractivity contribution in [3.05, 3.63) is 86.0 Å². The van der Waals surface area contributed by atoms with Crippen LogP contribution in [0.5, 0.6) is 0 Å². The molecule has 0 saturated carbocycles. The van der Waals surface area contributed by atoms with E-state index < -0.39 is 4.92 Å². The number of fused-ring (bicyclic) bond motifs is 3. The largest absolute Gasteiger partial charge is 0.378 e. The van der Waals surface area contributed by atoms with Gasteiger partial charge in [-0.1, -0.05) is 24.3 Å². The number of rotatable bonds is 3. The molecule has 126 valence electrons. The van der Waals surface area contributed by atoms with Crippen LogP contribution in [0.1, 0.15) is 29.5 Å². The summed E-state index contributed by atoms with van der Waals surface area (Å²) in [4.78, 5) is 21.1. The highest BCUT2D eigenvalue weighted by Crippen LogP contribution is 2.50. The molecule has 1 aliphatic carbocycles. The normalized spacial score (nSPS) is 23.4. The van der Waals surface area contributed by atoms with Crippen LogP contribution >= 0.6 is 0 Å². The fourth-order valence-corrected chi connectivity index (χ4v) is 3.83. The van der Waals surface area contributed by atoms with Crippen LogP contribution in [0.3, 0.4) is 0 Å². The molecule has 2 aliphatic rings. The molecule has 7 heteroatoms. The van der Waals surface area contributed by atoms with E-state index in [1.807, 2.05) is 0 Å². The summed E-state index contributed by atoms with van der Waals surface area (Å²) in [7, 11) is 0. The van der Waals surface area contributed by atoms with E-state index in [-0.39, 0.29) is 34.2 Å². The number of nitrogens with zero attached hydrogens (tertiary/aromatic N) is 2. The second-order valence-electron chi connectivity index (χ2n) is 6.35. The lowest BCUT2D eigenvalue weighted by atomic mass is 9.77. The Balaban J connectivity index is 1.72. The zero-order valence-electron chi connectivity index (χ0n) is 13.2. The van der Waals surface area contributed by atoms with Gasteiger partial charge in [-0.3, -0.25) is 20.2 Å². The van der Waals surface area contributed by atoms with Gasteiger partial charge in [0.25, 0.3) is 11.4 Å². The van der Waals surface area contributed by atoms with Gasteiger partial charge in [-0.25, -0.2) is 0 Å². The monoisotopic (exact) mass is 337 g/mol. The molecule has 0 amide bonds. The maximum absolute atomic E-state index is 11.1. The van der Waals surface area contributed by atoms with E-state index in [9.17, 15) is 20.2 Å². The van der Waals surface area contributed by atoms with Crippen molar-refractivity contribution < 1.29 is 9.85 Å². The Kier molecular flexibility index (Phi) is 3.49. The zero-order valence-corrected chi connectivity index (χ0v) is 13.2. The van der Waals surface area contributed by atoms with Crippen molar-refractivity contribution in [1.82, 2.24) is 0 Å². The van der Waals surface area contributed by atoms with E-state index in [0.717, 1.165) is 23.2 Å². The summed E-state index contributed by atoms with van der Waals surface area (Å²) in [5.41, 5.74) is 2.95. The molecule has 1 aliphatic heterocycles. The highest BCUT2D eigenvalue weighted by atomic mass is 16.6. The van der Waals surface area contributed by atoms with Gasteiger partial charge in [0.2, 0.25) is 0 Å². The molecule has 0 saturated heterocycles. The van der Waals surface area contributed by atoms with Gasteiger partial charge in [0, 0.05) is 35.9 Å². The minimum Gasteiger partial charge on any atom is -0.378 e. The number of nitro groups is 2. The average molecular weight is 337 g/mol. The van der Waals surface area contributed by atoms with Gasteiger partial charge < -0.3 is 5.32 Å². The molecule has 0 fully saturated rings. The SMILES string of the molecule is O=[N+]([O-])c1ccc(C2Nc3ccc([N+](=O)[O-])cc3C3C=CCC32)cc1. The number of nitrogens with one attached hydrogen (secondary N) is 1. The molecule has 0 radical (unpaired) electrons. The highest BCUT2D eigenvalue weighted by Gasteiger charge is 2.38. The van der Waals surface area contributed by atoms with Gasteiger partial charge in [0.15, 0.2) is 0 Å². The predicted molar refractivity (Wildman–Crippen MR) is 92.5 cm³/mol. The van der Waals surface area contributed by atoms with Crippen LogP contribution in [0, 0.1) is 26.1 Å². The second kappa shape index (κ2) is 5.70. The summed E-state index contributed by atoms with van der Waals surface area (Å²) in [6, 6.07) is 11.5. The molecule has 0 aromatic heterocycles. The van der Waals surface area contributed by atoms with Crippen molar-refractivity contribution in [2.75, 3.05) is 5.32 Å². The number of benzene rings is 2. The van der Waals surface area contributed by atoms with Crippen molar-refractivity contribution >= 4 is 17.1 Å². The first kappa shape index (κ1) is 15.3. The fraction of sp³-hybridized carbons (Fsp3) is 0.222. The maximum Gasteiger partial charge on any atom is 0.269 e. The Hall–Kier alpha value is -3.22. The Morgan fingerprint density at radius 2 is 1.64 bits per heavy atom. The first-order valence-electron chi connectivity index (χ1n) is 8.00. The van der Waals surface area contributed by atoms with Crippen LogP contribution in [0.25, 0.3) is 0 Å². The molecular formula is C18H15N3O4. The van der Waals surface area contributed by atoms with Crippen LogP contribution in [0.4, 0.5) is 17.1 Å². The molecule has 25 heavy (non-hydrogen) atoms. The molecule has 1 N–H and O–H groups in total. The third kappa shape index (κ3) is 2.53. The highest BCUT2D eigenvalue weighted by molar-refractivity contribution is 5.63. The Bertz CT molecular complexity index is 892. The van der Waals surface area contributed by atoms with Crippen LogP contribution in [0.2, 0.25) is 0 Å². The first-order chi connectivity index (χ1) is 12.0. The molecule has 0 bridgehead atoms. The molecule has 1 heterocycles. The predicted octanol–water partition coefficient (Wildman–Crippen LogP) is 4.33. The van der Waals surface area contributed by atoms with Gasteiger partial charge in [-0.2, -0.15) is 0 Å². The number of anilines is 1.